The van der Waals surface area contributed by atoms with Gasteiger partial charge in [-0.25, -0.2) is 0 Å². The largest absolute Gasteiger partial charge is 0.481 e. The molecule has 104 valence electrons. The van der Waals surface area contributed by atoms with E-state index in [1.807, 2.05) is 18.2 Å². The van der Waals surface area contributed by atoms with Crippen LogP contribution in [0.1, 0.15) is 31.9 Å². The van der Waals surface area contributed by atoms with Gasteiger partial charge in [-0.15, -0.1) is 0 Å². The third-order valence-corrected chi connectivity index (χ3v) is 4.66. The number of benzene rings is 1. The highest BCUT2D eigenvalue weighted by Crippen LogP contribution is 2.32. The predicted octanol–water partition coefficient (Wildman–Crippen LogP) is 3.55. The zero-order valence-electron chi connectivity index (χ0n) is 11.3. The third-order valence-electron chi connectivity index (χ3n) is 3.94. The topological polar surface area (TPSA) is 40.5 Å². The van der Waals surface area contributed by atoms with Gasteiger partial charge in [-0.3, -0.25) is 9.69 Å². The number of carboxylic acid groups (broad SMARTS) is 1. The Bertz CT molecular complexity index is 463. The molecule has 0 aliphatic carbocycles. The van der Waals surface area contributed by atoms with Gasteiger partial charge in [0, 0.05) is 23.6 Å². The molecular formula is C15H20BrNO2. The molecule has 2 rings (SSSR count). The summed E-state index contributed by atoms with van der Waals surface area (Å²) in [5.74, 6) is -0.482. The lowest BCUT2D eigenvalue weighted by molar-refractivity contribution is -0.144. The molecule has 4 heteroatoms. The fourth-order valence-electron chi connectivity index (χ4n) is 2.90. The Morgan fingerprint density at radius 3 is 2.74 bits per heavy atom. The molecule has 1 N–H and O–H groups in total. The SMILES string of the molecule is CC1CC(C(=O)O)CN(C(C)c2ccccc2Br)C1. The lowest BCUT2D eigenvalue weighted by Crippen LogP contribution is -2.43. The van der Waals surface area contributed by atoms with Crippen molar-refractivity contribution in [1.29, 1.82) is 0 Å². The predicted molar refractivity (Wildman–Crippen MR) is 79.0 cm³/mol. The molecule has 1 saturated heterocycles. The van der Waals surface area contributed by atoms with Crippen molar-refractivity contribution in [2.45, 2.75) is 26.3 Å². The average Bonchev–Trinajstić information content (AvgIpc) is 2.37. The van der Waals surface area contributed by atoms with Crippen molar-refractivity contribution in [2.24, 2.45) is 11.8 Å². The molecule has 1 fully saturated rings. The molecule has 0 bridgehead atoms. The molecule has 0 amide bonds. The van der Waals surface area contributed by atoms with Crippen LogP contribution >= 0.6 is 15.9 Å². The van der Waals surface area contributed by atoms with Gasteiger partial charge in [0.05, 0.1) is 5.92 Å². The van der Waals surface area contributed by atoms with Gasteiger partial charge >= 0.3 is 5.97 Å². The maximum atomic E-state index is 11.2. The standard InChI is InChI=1S/C15H20BrNO2/c1-10-7-12(15(18)19)9-17(8-10)11(2)13-5-3-4-6-14(13)16/h3-6,10-12H,7-9H2,1-2H3,(H,18,19). The van der Waals surface area contributed by atoms with Gasteiger partial charge in [-0.2, -0.15) is 0 Å². The summed E-state index contributed by atoms with van der Waals surface area (Å²) in [4.78, 5) is 13.5. The first-order chi connectivity index (χ1) is 8.99. The average molecular weight is 326 g/mol. The zero-order valence-corrected chi connectivity index (χ0v) is 12.9. The Hall–Kier alpha value is -0.870. The maximum absolute atomic E-state index is 11.2. The summed E-state index contributed by atoms with van der Waals surface area (Å²) in [6.07, 6.45) is 0.786. The van der Waals surface area contributed by atoms with Crippen LogP contribution in [0.15, 0.2) is 28.7 Å². The summed E-state index contributed by atoms with van der Waals surface area (Å²) in [7, 11) is 0. The normalized spacial score (nSPS) is 26.1. The minimum absolute atomic E-state index is 0.236. The van der Waals surface area contributed by atoms with Crippen LogP contribution in [0, 0.1) is 11.8 Å². The highest BCUT2D eigenvalue weighted by Gasteiger charge is 2.32. The summed E-state index contributed by atoms with van der Waals surface area (Å²) >= 11 is 3.58. The first-order valence-electron chi connectivity index (χ1n) is 6.70. The Balaban J connectivity index is 2.16. The number of aliphatic carboxylic acids is 1. The van der Waals surface area contributed by atoms with Crippen molar-refractivity contribution in [1.82, 2.24) is 4.90 Å². The van der Waals surface area contributed by atoms with E-state index in [9.17, 15) is 9.90 Å². The van der Waals surface area contributed by atoms with E-state index in [0.717, 1.165) is 17.4 Å². The van der Waals surface area contributed by atoms with Crippen molar-refractivity contribution in [3.8, 4) is 0 Å². The van der Waals surface area contributed by atoms with E-state index in [2.05, 4.69) is 40.7 Å². The smallest absolute Gasteiger partial charge is 0.307 e. The summed E-state index contributed by atoms with van der Waals surface area (Å²) in [5.41, 5.74) is 1.22. The van der Waals surface area contributed by atoms with Gasteiger partial charge < -0.3 is 5.11 Å². The van der Waals surface area contributed by atoms with Gasteiger partial charge in [0.2, 0.25) is 0 Å². The number of hydrogen-bond donors (Lipinski definition) is 1. The number of likely N-dealkylation sites (tertiary alicyclic amines) is 1. The maximum Gasteiger partial charge on any atom is 0.307 e. The van der Waals surface area contributed by atoms with Crippen LogP contribution in [0.5, 0.6) is 0 Å². The third kappa shape index (κ3) is 3.37. The number of carbonyl (C=O) groups is 1. The fourth-order valence-corrected chi connectivity index (χ4v) is 3.51. The highest BCUT2D eigenvalue weighted by atomic mass is 79.9. The van der Waals surface area contributed by atoms with Gasteiger partial charge in [-0.05, 0) is 30.9 Å². The lowest BCUT2D eigenvalue weighted by Gasteiger charge is -2.38. The van der Waals surface area contributed by atoms with E-state index in [4.69, 9.17) is 0 Å². The molecule has 1 aliphatic heterocycles. The number of piperidine rings is 1. The molecule has 3 nitrogen and oxygen atoms in total. The molecule has 0 spiro atoms. The minimum atomic E-state index is -0.670. The molecule has 1 aliphatic rings. The molecular weight excluding hydrogens is 306 g/mol. The van der Waals surface area contributed by atoms with Crippen molar-refractivity contribution in [3.63, 3.8) is 0 Å². The molecule has 1 aromatic carbocycles. The minimum Gasteiger partial charge on any atom is -0.481 e. The van der Waals surface area contributed by atoms with Crippen molar-refractivity contribution >= 4 is 21.9 Å². The number of nitrogens with zero attached hydrogens (tertiary/aromatic N) is 1. The Morgan fingerprint density at radius 1 is 1.42 bits per heavy atom. The van der Waals surface area contributed by atoms with Crippen LogP contribution in [0.4, 0.5) is 0 Å². The van der Waals surface area contributed by atoms with Gasteiger partial charge in [0.15, 0.2) is 0 Å². The molecule has 1 heterocycles. The van der Waals surface area contributed by atoms with E-state index in [0.29, 0.717) is 12.5 Å². The first-order valence-corrected chi connectivity index (χ1v) is 7.49. The van der Waals surface area contributed by atoms with Crippen LogP contribution in [-0.4, -0.2) is 29.1 Å². The molecule has 3 unspecified atom stereocenters. The van der Waals surface area contributed by atoms with Crippen LogP contribution in [0.2, 0.25) is 0 Å². The first kappa shape index (κ1) is 14.5. The van der Waals surface area contributed by atoms with Crippen LogP contribution in [-0.2, 0) is 4.79 Å². The monoisotopic (exact) mass is 325 g/mol. The van der Waals surface area contributed by atoms with Gasteiger partial charge in [-0.1, -0.05) is 41.1 Å². The Kier molecular flexibility index (Phi) is 4.63. The molecule has 0 saturated carbocycles. The zero-order chi connectivity index (χ0) is 14.0. The van der Waals surface area contributed by atoms with Crippen LogP contribution in [0.25, 0.3) is 0 Å². The number of rotatable bonds is 3. The fraction of sp³-hybridized carbons (Fsp3) is 0.533. The second-order valence-electron chi connectivity index (χ2n) is 5.53. The molecule has 1 aromatic rings. The summed E-state index contributed by atoms with van der Waals surface area (Å²) in [6, 6.07) is 8.40. The van der Waals surface area contributed by atoms with Crippen molar-refractivity contribution in [2.75, 3.05) is 13.1 Å². The molecule has 3 atom stereocenters. The summed E-state index contributed by atoms with van der Waals surface area (Å²) in [6.45, 7) is 5.89. The lowest BCUT2D eigenvalue weighted by atomic mass is 9.89. The Labute approximate surface area is 122 Å². The number of carboxylic acids is 1. The molecule has 0 radical (unpaired) electrons. The van der Waals surface area contributed by atoms with Crippen LogP contribution < -0.4 is 0 Å². The van der Waals surface area contributed by atoms with E-state index in [1.54, 1.807) is 0 Å². The second-order valence-corrected chi connectivity index (χ2v) is 6.38. The molecule has 0 aromatic heterocycles. The van der Waals surface area contributed by atoms with E-state index in [1.165, 1.54) is 5.56 Å². The number of hydrogen-bond acceptors (Lipinski definition) is 2. The second kappa shape index (κ2) is 6.06. The van der Waals surface area contributed by atoms with Gasteiger partial charge in [0.1, 0.15) is 0 Å². The summed E-state index contributed by atoms with van der Waals surface area (Å²) < 4.78 is 1.09. The van der Waals surface area contributed by atoms with E-state index >= 15 is 0 Å². The van der Waals surface area contributed by atoms with E-state index in [-0.39, 0.29) is 12.0 Å². The molecule has 19 heavy (non-hydrogen) atoms. The van der Waals surface area contributed by atoms with E-state index < -0.39 is 5.97 Å². The van der Waals surface area contributed by atoms with Gasteiger partial charge in [0.25, 0.3) is 0 Å². The summed E-state index contributed by atoms with van der Waals surface area (Å²) in [5, 5.41) is 9.24. The van der Waals surface area contributed by atoms with Crippen molar-refractivity contribution < 1.29 is 9.90 Å². The van der Waals surface area contributed by atoms with Crippen LogP contribution in [0.3, 0.4) is 0 Å². The quantitative estimate of drug-likeness (QED) is 0.923. The van der Waals surface area contributed by atoms with Crippen molar-refractivity contribution in [3.05, 3.63) is 34.3 Å². The highest BCUT2D eigenvalue weighted by molar-refractivity contribution is 9.10. The number of halogens is 1. The Morgan fingerprint density at radius 2 is 2.11 bits per heavy atom.